The van der Waals surface area contributed by atoms with E-state index in [4.69, 9.17) is 23.4 Å². The van der Waals surface area contributed by atoms with E-state index < -0.39 is 11.2 Å². The maximum absolute atomic E-state index is 13.5. The molecular weight excluding hydrogens is 508 g/mol. The fourth-order valence-corrected chi connectivity index (χ4v) is 4.29. The number of aromatic hydroxyl groups is 1. The molecule has 1 aromatic heterocycles. The van der Waals surface area contributed by atoms with Crippen LogP contribution in [0.5, 0.6) is 28.7 Å². The first-order valence-corrected chi connectivity index (χ1v) is 13.0. The molecule has 0 saturated carbocycles. The van der Waals surface area contributed by atoms with Gasteiger partial charge in [-0.3, -0.25) is 4.79 Å². The van der Waals surface area contributed by atoms with Crippen molar-refractivity contribution < 1.29 is 28.5 Å². The first kappa shape index (κ1) is 26.7. The molecule has 40 heavy (non-hydrogen) atoms. The molecule has 0 fully saturated rings. The zero-order chi connectivity index (χ0) is 28.1. The van der Waals surface area contributed by atoms with E-state index in [9.17, 15) is 9.90 Å². The zero-order valence-electron chi connectivity index (χ0n) is 22.5. The summed E-state index contributed by atoms with van der Waals surface area (Å²) in [6, 6.07) is 28.1. The number of rotatable bonds is 10. The number of ether oxygens (including phenoxy) is 4. The van der Waals surface area contributed by atoms with Gasteiger partial charge in [-0.1, -0.05) is 60.7 Å². The molecule has 0 spiro atoms. The molecule has 0 atom stereocenters. The van der Waals surface area contributed by atoms with Crippen molar-refractivity contribution in [3.8, 4) is 40.1 Å². The molecule has 0 saturated heterocycles. The molecule has 1 N–H and O–H groups in total. The van der Waals surface area contributed by atoms with Crippen LogP contribution in [0.2, 0.25) is 0 Å². The molecule has 0 aliphatic carbocycles. The van der Waals surface area contributed by atoms with Crippen LogP contribution in [0.3, 0.4) is 0 Å². The molecule has 0 aliphatic rings. The van der Waals surface area contributed by atoms with Gasteiger partial charge in [-0.05, 0) is 49.2 Å². The number of fused-ring (bicyclic) bond motifs is 1. The van der Waals surface area contributed by atoms with Gasteiger partial charge < -0.3 is 28.5 Å². The van der Waals surface area contributed by atoms with E-state index >= 15 is 0 Å². The largest absolute Gasteiger partial charge is 0.502 e. The maximum atomic E-state index is 13.5. The van der Waals surface area contributed by atoms with Crippen molar-refractivity contribution in [2.24, 2.45) is 0 Å². The third-order valence-electron chi connectivity index (χ3n) is 6.19. The SMILES string of the molecule is COc1c(OCc2ccccc2)cc2oc(-c3ccc(OCc4ccccc4)cc3)c(O)c(=O)c2c1OC(C)C. The van der Waals surface area contributed by atoms with Gasteiger partial charge in [0.05, 0.1) is 13.2 Å². The second-order valence-corrected chi connectivity index (χ2v) is 9.46. The minimum atomic E-state index is -0.635. The summed E-state index contributed by atoms with van der Waals surface area (Å²) in [6.45, 7) is 4.35. The quantitative estimate of drug-likeness (QED) is 0.203. The van der Waals surface area contributed by atoms with E-state index in [1.54, 1.807) is 30.3 Å². The summed E-state index contributed by atoms with van der Waals surface area (Å²) in [6.07, 6.45) is -0.286. The second kappa shape index (κ2) is 11.9. The number of hydrogen-bond donors (Lipinski definition) is 1. The van der Waals surface area contributed by atoms with Crippen LogP contribution < -0.4 is 24.4 Å². The van der Waals surface area contributed by atoms with Crippen LogP contribution in [0.15, 0.2) is 100 Å². The van der Waals surface area contributed by atoms with Crippen LogP contribution in [0, 0.1) is 0 Å². The monoisotopic (exact) mass is 538 g/mol. The van der Waals surface area contributed by atoms with Crippen molar-refractivity contribution in [1.29, 1.82) is 0 Å². The highest BCUT2D eigenvalue weighted by atomic mass is 16.5. The van der Waals surface area contributed by atoms with E-state index in [0.29, 0.717) is 23.7 Å². The van der Waals surface area contributed by atoms with Gasteiger partial charge >= 0.3 is 0 Å². The van der Waals surface area contributed by atoms with Crippen LogP contribution in [0.25, 0.3) is 22.3 Å². The maximum Gasteiger partial charge on any atom is 0.238 e. The summed E-state index contributed by atoms with van der Waals surface area (Å²) in [5, 5.41) is 11.0. The fourth-order valence-electron chi connectivity index (χ4n) is 4.29. The molecule has 0 radical (unpaired) electrons. The van der Waals surface area contributed by atoms with Crippen molar-refractivity contribution in [3.63, 3.8) is 0 Å². The Bertz CT molecular complexity index is 1640. The smallest absolute Gasteiger partial charge is 0.238 e. The van der Waals surface area contributed by atoms with Crippen LogP contribution in [-0.2, 0) is 13.2 Å². The lowest BCUT2D eigenvalue weighted by Crippen LogP contribution is -2.12. The Labute approximate surface area is 232 Å². The second-order valence-electron chi connectivity index (χ2n) is 9.46. The fraction of sp³-hybridized carbons (Fsp3) is 0.182. The van der Waals surface area contributed by atoms with Crippen LogP contribution >= 0.6 is 0 Å². The molecule has 5 rings (SSSR count). The molecule has 7 nitrogen and oxygen atoms in total. The first-order valence-electron chi connectivity index (χ1n) is 13.0. The lowest BCUT2D eigenvalue weighted by Gasteiger charge is -2.19. The van der Waals surface area contributed by atoms with Gasteiger partial charge in [0.2, 0.25) is 16.9 Å². The van der Waals surface area contributed by atoms with Crippen molar-refractivity contribution in [1.82, 2.24) is 0 Å². The van der Waals surface area contributed by atoms with Crippen molar-refractivity contribution in [2.45, 2.75) is 33.2 Å². The molecule has 1 heterocycles. The Morgan fingerprint density at radius 2 is 1.40 bits per heavy atom. The van der Waals surface area contributed by atoms with Crippen LogP contribution in [0.1, 0.15) is 25.0 Å². The molecular formula is C33H30O7. The Hall–Kier alpha value is -4.91. The molecule has 0 bridgehead atoms. The highest BCUT2D eigenvalue weighted by molar-refractivity contribution is 5.91. The van der Waals surface area contributed by atoms with Gasteiger partial charge in [-0.25, -0.2) is 0 Å². The predicted molar refractivity (Wildman–Crippen MR) is 153 cm³/mol. The summed E-state index contributed by atoms with van der Waals surface area (Å²) in [4.78, 5) is 13.5. The lowest BCUT2D eigenvalue weighted by molar-refractivity contribution is 0.224. The van der Waals surface area contributed by atoms with Gasteiger partial charge in [0.25, 0.3) is 0 Å². The molecule has 7 heteroatoms. The molecule has 4 aromatic carbocycles. The first-order chi connectivity index (χ1) is 19.4. The Balaban J connectivity index is 1.53. The predicted octanol–water partition coefficient (Wildman–Crippen LogP) is 7.12. The normalized spacial score (nSPS) is 11.0. The standard InChI is InChI=1S/C33H30O7/c1-21(2)39-33-28-26(18-27(32(33)36-3)38-20-23-12-8-5-9-13-23)40-31(30(35)29(28)34)24-14-16-25(17-15-24)37-19-22-10-6-4-7-11-22/h4-18,21,35H,19-20H2,1-3H3. The number of hydrogen-bond acceptors (Lipinski definition) is 7. The van der Waals surface area contributed by atoms with Gasteiger partial charge in [0.15, 0.2) is 17.3 Å². The van der Waals surface area contributed by atoms with Gasteiger partial charge in [0, 0.05) is 11.6 Å². The van der Waals surface area contributed by atoms with Crippen molar-refractivity contribution >= 4 is 11.0 Å². The Morgan fingerprint density at radius 3 is 1.98 bits per heavy atom. The lowest BCUT2D eigenvalue weighted by atomic mass is 10.1. The summed E-state index contributed by atoms with van der Waals surface area (Å²) in [5.41, 5.74) is 2.08. The third kappa shape index (κ3) is 5.73. The van der Waals surface area contributed by atoms with E-state index in [-0.39, 0.29) is 40.9 Å². The number of benzene rings is 4. The summed E-state index contributed by atoms with van der Waals surface area (Å²) in [5.74, 6) is 0.888. The zero-order valence-corrected chi connectivity index (χ0v) is 22.5. The van der Waals surface area contributed by atoms with Crippen molar-refractivity contribution in [2.75, 3.05) is 7.11 Å². The van der Waals surface area contributed by atoms with Crippen LogP contribution in [0.4, 0.5) is 0 Å². The topological polar surface area (TPSA) is 87.4 Å². The van der Waals surface area contributed by atoms with Gasteiger partial charge in [-0.2, -0.15) is 0 Å². The van der Waals surface area contributed by atoms with Crippen LogP contribution in [-0.4, -0.2) is 18.3 Å². The molecule has 0 unspecified atom stereocenters. The molecule has 0 amide bonds. The van der Waals surface area contributed by atoms with E-state index in [2.05, 4.69) is 0 Å². The average Bonchev–Trinajstić information content (AvgIpc) is 2.97. The Kier molecular flexibility index (Phi) is 7.92. The third-order valence-corrected chi connectivity index (χ3v) is 6.19. The summed E-state index contributed by atoms with van der Waals surface area (Å²) < 4.78 is 29.7. The summed E-state index contributed by atoms with van der Waals surface area (Å²) in [7, 11) is 1.47. The van der Waals surface area contributed by atoms with E-state index in [1.807, 2.05) is 74.5 Å². The van der Waals surface area contributed by atoms with Gasteiger partial charge in [0.1, 0.15) is 29.9 Å². The van der Waals surface area contributed by atoms with Gasteiger partial charge in [-0.15, -0.1) is 0 Å². The summed E-state index contributed by atoms with van der Waals surface area (Å²) >= 11 is 0. The minimum Gasteiger partial charge on any atom is -0.502 e. The van der Waals surface area contributed by atoms with Crippen molar-refractivity contribution in [3.05, 3.63) is 112 Å². The average molecular weight is 539 g/mol. The minimum absolute atomic E-state index is 0.0294. The Morgan fingerprint density at radius 1 is 0.800 bits per heavy atom. The van der Waals surface area contributed by atoms with E-state index in [1.165, 1.54) is 7.11 Å². The molecule has 5 aromatic rings. The highest BCUT2D eigenvalue weighted by Gasteiger charge is 2.25. The van der Waals surface area contributed by atoms with E-state index in [0.717, 1.165) is 11.1 Å². The molecule has 0 aliphatic heterocycles. The number of methoxy groups -OCH3 is 1. The molecule has 204 valence electrons. The highest BCUT2D eigenvalue weighted by Crippen LogP contribution is 2.45.